The van der Waals surface area contributed by atoms with Crippen LogP contribution >= 0.6 is 11.3 Å². The maximum absolute atomic E-state index is 13.8. The molecule has 0 saturated heterocycles. The van der Waals surface area contributed by atoms with E-state index >= 15 is 0 Å². The Morgan fingerprint density at radius 3 is 2.16 bits per heavy atom. The van der Waals surface area contributed by atoms with Crippen LogP contribution in [0.3, 0.4) is 0 Å². The molecule has 0 N–H and O–H groups in total. The molecule has 0 aliphatic heterocycles. The number of hydrogen-bond donors (Lipinski definition) is 0. The molecule has 0 aliphatic rings. The SMILES string of the molecule is Cc1cc(C)c(C)c(-c2c3sc(CC(C)(C)C)c(CC(C)(C)C(F)(F)F)c3nc[n+]2C)c1. The molecule has 6 heteroatoms. The van der Waals surface area contributed by atoms with Gasteiger partial charge in [-0.3, -0.25) is 0 Å². The van der Waals surface area contributed by atoms with Gasteiger partial charge in [0.2, 0.25) is 5.52 Å². The van der Waals surface area contributed by atoms with Crippen LogP contribution in [0.25, 0.3) is 21.5 Å². The minimum absolute atomic E-state index is 0.0454. The molecule has 1 aromatic carbocycles. The predicted octanol–water partition coefficient (Wildman–Crippen LogP) is 7.43. The number of rotatable bonds is 4. The number of benzene rings is 1. The second-order valence-corrected chi connectivity index (χ2v) is 12.0. The van der Waals surface area contributed by atoms with E-state index in [2.05, 4.69) is 58.7 Å². The summed E-state index contributed by atoms with van der Waals surface area (Å²) in [4.78, 5) is 5.67. The molecule has 32 heavy (non-hydrogen) atoms. The Kier molecular flexibility index (Phi) is 6.27. The van der Waals surface area contributed by atoms with Crippen molar-refractivity contribution in [1.29, 1.82) is 0 Å². The first-order valence-electron chi connectivity index (χ1n) is 11.0. The fourth-order valence-corrected chi connectivity index (χ4v) is 5.78. The smallest absolute Gasteiger partial charge is 0.231 e. The minimum atomic E-state index is -4.28. The molecule has 0 radical (unpaired) electrons. The van der Waals surface area contributed by atoms with Crippen LogP contribution in [0.2, 0.25) is 0 Å². The van der Waals surface area contributed by atoms with Crippen LogP contribution in [0.4, 0.5) is 13.2 Å². The van der Waals surface area contributed by atoms with Crippen LogP contribution < -0.4 is 4.57 Å². The van der Waals surface area contributed by atoms with E-state index in [4.69, 9.17) is 0 Å². The van der Waals surface area contributed by atoms with Gasteiger partial charge in [-0.2, -0.15) is 13.2 Å². The lowest BCUT2D eigenvalue weighted by Crippen LogP contribution is -2.34. The summed E-state index contributed by atoms with van der Waals surface area (Å²) >= 11 is 1.61. The average Bonchev–Trinajstić information content (AvgIpc) is 2.92. The second kappa shape index (κ2) is 8.12. The van der Waals surface area contributed by atoms with Crippen LogP contribution in [0.5, 0.6) is 0 Å². The maximum atomic E-state index is 13.8. The number of halogens is 3. The number of fused-ring (bicyclic) bond motifs is 1. The summed E-state index contributed by atoms with van der Waals surface area (Å²) in [5.74, 6) is 0. The van der Waals surface area contributed by atoms with Gasteiger partial charge in [0, 0.05) is 16.0 Å². The first kappa shape index (κ1) is 24.7. The van der Waals surface area contributed by atoms with E-state index in [9.17, 15) is 13.2 Å². The summed E-state index contributed by atoms with van der Waals surface area (Å²) in [6.07, 6.45) is -1.90. The summed E-state index contributed by atoms with van der Waals surface area (Å²) in [5, 5.41) is 0. The van der Waals surface area contributed by atoms with Gasteiger partial charge in [-0.25, -0.2) is 4.57 Å². The summed E-state index contributed by atoms with van der Waals surface area (Å²) in [5.41, 5.74) is 5.26. The van der Waals surface area contributed by atoms with Crippen LogP contribution in [0.1, 0.15) is 61.7 Å². The van der Waals surface area contributed by atoms with Crippen molar-refractivity contribution in [3.8, 4) is 11.3 Å². The predicted molar refractivity (Wildman–Crippen MR) is 127 cm³/mol. The highest BCUT2D eigenvalue weighted by Gasteiger charge is 2.48. The molecule has 3 aromatic rings. The zero-order valence-electron chi connectivity index (χ0n) is 20.6. The molecule has 0 unspecified atom stereocenters. The van der Waals surface area contributed by atoms with Crippen molar-refractivity contribution in [2.75, 3.05) is 0 Å². The van der Waals surface area contributed by atoms with E-state index < -0.39 is 11.6 Å². The second-order valence-electron chi connectivity index (χ2n) is 10.9. The zero-order valence-corrected chi connectivity index (χ0v) is 21.4. The fraction of sp³-hybridized carbons (Fsp3) is 0.538. The summed E-state index contributed by atoms with van der Waals surface area (Å²) in [7, 11) is 1.96. The molecule has 3 rings (SSSR count). The van der Waals surface area contributed by atoms with Gasteiger partial charge in [0.25, 0.3) is 6.33 Å². The highest BCUT2D eigenvalue weighted by Crippen LogP contribution is 2.46. The van der Waals surface area contributed by atoms with Gasteiger partial charge in [-0.1, -0.05) is 46.2 Å². The molecule has 0 fully saturated rings. The minimum Gasteiger partial charge on any atom is -0.231 e. The van der Waals surface area contributed by atoms with E-state index in [0.717, 1.165) is 32.0 Å². The summed E-state index contributed by atoms with van der Waals surface area (Å²) in [6, 6.07) is 4.33. The maximum Gasteiger partial charge on any atom is 0.394 e. The summed E-state index contributed by atoms with van der Waals surface area (Å²) < 4.78 is 44.4. The standard InChI is InChI=1S/C26H34F3N2S/c1-15-10-16(2)17(3)18(11-15)22-23-21(30-14-31(22)9)19(12-25(7,8)26(27,28)29)20(32-23)13-24(4,5)6/h10-11,14H,12-13H2,1-9H3/q+1. The molecule has 2 aromatic heterocycles. The van der Waals surface area contributed by atoms with Crippen molar-refractivity contribution in [2.24, 2.45) is 17.9 Å². The highest BCUT2D eigenvalue weighted by atomic mass is 32.1. The van der Waals surface area contributed by atoms with Crippen LogP contribution in [0, 0.1) is 31.6 Å². The lowest BCUT2D eigenvalue weighted by Gasteiger charge is -2.28. The molecular formula is C26H34F3N2S+. The lowest BCUT2D eigenvalue weighted by atomic mass is 9.82. The molecule has 0 amide bonds. The normalized spacial score (nSPS) is 13.2. The number of alkyl halides is 3. The molecule has 174 valence electrons. The van der Waals surface area contributed by atoms with Crippen LogP contribution in [0.15, 0.2) is 18.5 Å². The first-order valence-corrected chi connectivity index (χ1v) is 11.8. The third kappa shape index (κ3) is 4.70. The van der Waals surface area contributed by atoms with E-state index in [1.54, 1.807) is 17.7 Å². The molecule has 0 aliphatic carbocycles. The van der Waals surface area contributed by atoms with Crippen LogP contribution in [-0.2, 0) is 19.9 Å². The monoisotopic (exact) mass is 463 g/mol. The quantitative estimate of drug-likeness (QED) is 0.368. The number of nitrogens with zero attached hydrogens (tertiary/aromatic N) is 2. The Morgan fingerprint density at radius 1 is 0.969 bits per heavy atom. The number of aryl methyl sites for hydroxylation is 3. The average molecular weight is 464 g/mol. The molecule has 0 atom stereocenters. The van der Waals surface area contributed by atoms with E-state index in [1.165, 1.54) is 25.0 Å². The number of thiophene rings is 1. The number of hydrogen-bond acceptors (Lipinski definition) is 2. The van der Waals surface area contributed by atoms with Gasteiger partial charge >= 0.3 is 6.18 Å². The molecular weight excluding hydrogens is 429 g/mol. The summed E-state index contributed by atoms with van der Waals surface area (Å²) in [6.45, 7) is 15.2. The van der Waals surface area contributed by atoms with Gasteiger partial charge < -0.3 is 0 Å². The Morgan fingerprint density at radius 2 is 1.59 bits per heavy atom. The highest BCUT2D eigenvalue weighted by molar-refractivity contribution is 7.19. The Hall–Kier alpha value is -1.95. The van der Waals surface area contributed by atoms with E-state index in [-0.39, 0.29) is 11.8 Å². The third-order valence-electron chi connectivity index (χ3n) is 6.13. The van der Waals surface area contributed by atoms with Gasteiger partial charge in [-0.05, 0) is 61.2 Å². The van der Waals surface area contributed by atoms with Crippen molar-refractivity contribution >= 4 is 21.6 Å². The van der Waals surface area contributed by atoms with Crippen molar-refractivity contribution in [3.63, 3.8) is 0 Å². The van der Waals surface area contributed by atoms with Gasteiger partial charge in [0.05, 0.1) is 12.5 Å². The molecule has 2 nitrogen and oxygen atoms in total. The van der Waals surface area contributed by atoms with Crippen LogP contribution in [-0.4, -0.2) is 11.2 Å². The van der Waals surface area contributed by atoms with Gasteiger partial charge in [0.15, 0.2) is 5.69 Å². The molecule has 0 spiro atoms. The van der Waals surface area contributed by atoms with Crippen molar-refractivity contribution in [2.45, 2.75) is 74.4 Å². The van der Waals surface area contributed by atoms with Crippen molar-refractivity contribution in [3.05, 3.63) is 45.6 Å². The number of aromatic nitrogens is 2. The van der Waals surface area contributed by atoms with E-state index in [0.29, 0.717) is 11.9 Å². The Labute approximate surface area is 193 Å². The molecule has 2 heterocycles. The van der Waals surface area contributed by atoms with Gasteiger partial charge in [0.1, 0.15) is 4.70 Å². The first-order chi connectivity index (χ1) is 14.5. The van der Waals surface area contributed by atoms with E-state index in [1.807, 2.05) is 11.6 Å². The zero-order chi connectivity index (χ0) is 24.2. The lowest BCUT2D eigenvalue weighted by molar-refractivity contribution is -0.662. The molecule has 0 bridgehead atoms. The Balaban J connectivity index is 2.35. The topological polar surface area (TPSA) is 16.8 Å². The fourth-order valence-electron chi connectivity index (χ4n) is 4.11. The third-order valence-corrected chi connectivity index (χ3v) is 7.36. The van der Waals surface area contributed by atoms with Gasteiger partial charge in [-0.15, -0.1) is 11.3 Å². The van der Waals surface area contributed by atoms with Crippen molar-refractivity contribution in [1.82, 2.24) is 4.98 Å². The molecule has 0 saturated carbocycles. The largest absolute Gasteiger partial charge is 0.394 e. The Bertz CT molecular complexity index is 1160. The van der Waals surface area contributed by atoms with Crippen molar-refractivity contribution < 1.29 is 17.7 Å².